The first kappa shape index (κ1) is 19.2. The topological polar surface area (TPSA) is 74.7 Å². The number of carbonyl (C=O) groups is 3. The van der Waals surface area contributed by atoms with E-state index in [-0.39, 0.29) is 6.42 Å². The number of likely N-dealkylation sites (N-methyl/N-ethyl adjacent to an activating group) is 1. The number of halogens is 2. The van der Waals surface area contributed by atoms with Crippen LogP contribution in [-0.2, 0) is 20.8 Å². The van der Waals surface area contributed by atoms with Gasteiger partial charge < -0.3 is 10.0 Å². The standard InChI is InChI=1S/C19H17F2NO4/c1-22(15-8-6-14(21)7-9-15)16(17(23)11-18(24)19(25)26)10-12-2-4-13(20)5-3-12/h2-9,16H,10-11H2,1H3,(H,25,26). The lowest BCUT2D eigenvalue weighted by Crippen LogP contribution is -2.41. The number of anilines is 1. The van der Waals surface area contributed by atoms with Crippen LogP contribution in [0.4, 0.5) is 14.5 Å². The van der Waals surface area contributed by atoms with Crippen molar-refractivity contribution in [2.45, 2.75) is 18.9 Å². The van der Waals surface area contributed by atoms with Crippen molar-refractivity contribution in [2.24, 2.45) is 0 Å². The number of aliphatic carboxylic acids is 1. The van der Waals surface area contributed by atoms with Crippen LogP contribution < -0.4 is 4.90 Å². The van der Waals surface area contributed by atoms with Gasteiger partial charge in [0, 0.05) is 12.7 Å². The first-order chi connectivity index (χ1) is 12.3. The minimum Gasteiger partial charge on any atom is -0.475 e. The Bertz CT molecular complexity index is 803. The van der Waals surface area contributed by atoms with Crippen LogP contribution in [0.15, 0.2) is 48.5 Å². The zero-order valence-corrected chi connectivity index (χ0v) is 14.0. The molecule has 0 aliphatic carbocycles. The fourth-order valence-corrected chi connectivity index (χ4v) is 2.52. The molecule has 0 aliphatic heterocycles. The number of hydrogen-bond acceptors (Lipinski definition) is 4. The maximum absolute atomic E-state index is 13.1. The van der Waals surface area contributed by atoms with E-state index in [4.69, 9.17) is 5.11 Å². The number of Topliss-reactive ketones (excluding diaryl/α,β-unsaturated/α-hetero) is 2. The van der Waals surface area contributed by atoms with E-state index in [0.29, 0.717) is 11.3 Å². The number of benzene rings is 2. The second-order valence-corrected chi connectivity index (χ2v) is 5.81. The van der Waals surface area contributed by atoms with Gasteiger partial charge in [-0.15, -0.1) is 0 Å². The largest absolute Gasteiger partial charge is 0.475 e. The zero-order chi connectivity index (χ0) is 19.3. The molecular formula is C19H17F2NO4. The maximum atomic E-state index is 13.1. The van der Waals surface area contributed by atoms with Crippen LogP contribution in [-0.4, -0.2) is 35.7 Å². The van der Waals surface area contributed by atoms with Gasteiger partial charge in [0.2, 0.25) is 5.78 Å². The normalized spacial score (nSPS) is 11.7. The molecule has 1 atom stereocenters. The lowest BCUT2D eigenvalue weighted by Gasteiger charge is -2.29. The Labute approximate surface area is 148 Å². The van der Waals surface area contributed by atoms with Gasteiger partial charge in [-0.3, -0.25) is 9.59 Å². The van der Waals surface area contributed by atoms with Crippen molar-refractivity contribution >= 4 is 23.2 Å². The number of nitrogens with zero attached hydrogens (tertiary/aromatic N) is 1. The molecule has 0 aliphatic rings. The van der Waals surface area contributed by atoms with Gasteiger partial charge in [0.05, 0.1) is 12.5 Å². The number of ketones is 2. The van der Waals surface area contributed by atoms with Crippen molar-refractivity contribution in [2.75, 3.05) is 11.9 Å². The van der Waals surface area contributed by atoms with Crippen LogP contribution >= 0.6 is 0 Å². The fraction of sp³-hybridized carbons (Fsp3) is 0.211. The summed E-state index contributed by atoms with van der Waals surface area (Å²) in [4.78, 5) is 36.2. The number of rotatable bonds is 8. The Morgan fingerprint density at radius 3 is 1.96 bits per heavy atom. The highest BCUT2D eigenvalue weighted by atomic mass is 19.1. The Morgan fingerprint density at radius 1 is 0.962 bits per heavy atom. The molecule has 136 valence electrons. The van der Waals surface area contributed by atoms with Gasteiger partial charge in [-0.2, -0.15) is 0 Å². The van der Waals surface area contributed by atoms with Crippen LogP contribution in [0.2, 0.25) is 0 Å². The third-order valence-corrected chi connectivity index (χ3v) is 3.99. The molecule has 0 bridgehead atoms. The molecule has 5 nitrogen and oxygen atoms in total. The highest BCUT2D eigenvalue weighted by Gasteiger charge is 2.28. The van der Waals surface area contributed by atoms with Gasteiger partial charge in [-0.1, -0.05) is 12.1 Å². The number of hydrogen-bond donors (Lipinski definition) is 1. The third kappa shape index (κ3) is 4.95. The van der Waals surface area contributed by atoms with Gasteiger partial charge in [-0.25, -0.2) is 13.6 Å². The van der Waals surface area contributed by atoms with E-state index < -0.39 is 41.6 Å². The van der Waals surface area contributed by atoms with E-state index in [1.807, 2.05) is 0 Å². The average Bonchev–Trinajstić information content (AvgIpc) is 2.61. The quantitative estimate of drug-likeness (QED) is 0.578. The van der Waals surface area contributed by atoms with E-state index in [2.05, 4.69) is 0 Å². The zero-order valence-electron chi connectivity index (χ0n) is 14.0. The van der Waals surface area contributed by atoms with E-state index in [0.717, 1.165) is 0 Å². The highest BCUT2D eigenvalue weighted by molar-refractivity contribution is 6.36. The number of carboxylic acid groups (broad SMARTS) is 1. The molecule has 0 aromatic heterocycles. The fourth-order valence-electron chi connectivity index (χ4n) is 2.52. The molecule has 0 heterocycles. The van der Waals surface area contributed by atoms with Gasteiger partial charge in [0.25, 0.3) is 0 Å². The van der Waals surface area contributed by atoms with Crippen LogP contribution in [0.1, 0.15) is 12.0 Å². The summed E-state index contributed by atoms with van der Waals surface area (Å²) < 4.78 is 26.2. The van der Waals surface area contributed by atoms with Crippen molar-refractivity contribution < 1.29 is 28.3 Å². The van der Waals surface area contributed by atoms with Crippen molar-refractivity contribution in [1.29, 1.82) is 0 Å². The molecule has 0 saturated carbocycles. The summed E-state index contributed by atoms with van der Waals surface area (Å²) in [6.45, 7) is 0. The van der Waals surface area contributed by atoms with E-state index >= 15 is 0 Å². The van der Waals surface area contributed by atoms with Gasteiger partial charge in [-0.05, 0) is 48.4 Å². The molecule has 7 heteroatoms. The maximum Gasteiger partial charge on any atom is 0.372 e. The highest BCUT2D eigenvalue weighted by Crippen LogP contribution is 2.20. The smallest absolute Gasteiger partial charge is 0.372 e. The third-order valence-electron chi connectivity index (χ3n) is 3.99. The molecule has 2 aromatic rings. The summed E-state index contributed by atoms with van der Waals surface area (Å²) >= 11 is 0. The second kappa shape index (κ2) is 8.33. The molecule has 1 unspecified atom stereocenters. The molecule has 2 aromatic carbocycles. The van der Waals surface area contributed by atoms with Crippen LogP contribution in [0, 0.1) is 11.6 Å². The van der Waals surface area contributed by atoms with Crippen molar-refractivity contribution in [1.82, 2.24) is 0 Å². The summed E-state index contributed by atoms with van der Waals surface area (Å²) in [5.41, 5.74) is 1.16. The number of carboxylic acids is 1. The second-order valence-electron chi connectivity index (χ2n) is 5.81. The minimum absolute atomic E-state index is 0.139. The Morgan fingerprint density at radius 2 is 1.46 bits per heavy atom. The SMILES string of the molecule is CN(c1ccc(F)cc1)C(Cc1ccc(F)cc1)C(=O)CC(=O)C(=O)O. The predicted octanol–water partition coefficient (Wildman–Crippen LogP) is 2.63. The molecule has 0 spiro atoms. The van der Waals surface area contributed by atoms with Crippen molar-refractivity contribution in [3.05, 3.63) is 65.7 Å². The lowest BCUT2D eigenvalue weighted by molar-refractivity contribution is -0.150. The lowest BCUT2D eigenvalue weighted by atomic mass is 9.97. The van der Waals surface area contributed by atoms with Gasteiger partial charge >= 0.3 is 5.97 Å². The number of carbonyl (C=O) groups excluding carboxylic acids is 2. The molecular weight excluding hydrogens is 344 g/mol. The summed E-state index contributed by atoms with van der Waals surface area (Å²) in [6.07, 6.45) is -0.618. The Balaban J connectivity index is 2.28. The van der Waals surface area contributed by atoms with Crippen molar-refractivity contribution in [3.63, 3.8) is 0 Å². The summed E-state index contributed by atoms with van der Waals surface area (Å²) in [5.74, 6) is -4.34. The Kier molecular flexibility index (Phi) is 6.16. The van der Waals surface area contributed by atoms with E-state index in [1.165, 1.54) is 48.5 Å². The molecule has 0 radical (unpaired) electrons. The Hall–Kier alpha value is -3.09. The van der Waals surface area contributed by atoms with Crippen LogP contribution in [0.25, 0.3) is 0 Å². The van der Waals surface area contributed by atoms with Crippen molar-refractivity contribution in [3.8, 4) is 0 Å². The summed E-state index contributed by atoms with van der Waals surface area (Å²) in [5, 5.41) is 8.72. The monoisotopic (exact) mass is 361 g/mol. The summed E-state index contributed by atoms with van der Waals surface area (Å²) in [7, 11) is 1.59. The summed E-state index contributed by atoms with van der Waals surface area (Å²) in [6, 6.07) is 10.0. The van der Waals surface area contributed by atoms with E-state index in [1.54, 1.807) is 11.9 Å². The molecule has 2 rings (SSSR count). The molecule has 0 saturated heterocycles. The minimum atomic E-state index is -1.68. The molecule has 0 fully saturated rings. The molecule has 1 N–H and O–H groups in total. The van der Waals surface area contributed by atoms with Crippen LogP contribution in [0.5, 0.6) is 0 Å². The average molecular weight is 361 g/mol. The van der Waals surface area contributed by atoms with Gasteiger partial charge in [0.15, 0.2) is 5.78 Å². The molecule has 0 amide bonds. The first-order valence-electron chi connectivity index (χ1n) is 7.79. The molecule has 26 heavy (non-hydrogen) atoms. The predicted molar refractivity (Wildman–Crippen MR) is 91.0 cm³/mol. The first-order valence-corrected chi connectivity index (χ1v) is 7.79. The van der Waals surface area contributed by atoms with E-state index in [9.17, 15) is 23.2 Å². The van der Waals surface area contributed by atoms with Gasteiger partial charge in [0.1, 0.15) is 11.6 Å². The van der Waals surface area contributed by atoms with Crippen LogP contribution in [0.3, 0.4) is 0 Å².